The van der Waals surface area contributed by atoms with E-state index in [1.54, 1.807) is 0 Å². The normalized spacial score (nSPS) is 10.1. The zero-order chi connectivity index (χ0) is 9.68. The highest BCUT2D eigenvalue weighted by molar-refractivity contribution is 9.08. The minimum atomic E-state index is 0.865. The van der Waals surface area contributed by atoms with Gasteiger partial charge in [0.25, 0.3) is 0 Å². The first-order valence-corrected chi connectivity index (χ1v) is 5.62. The molecule has 1 rings (SSSR count). The van der Waals surface area contributed by atoms with Crippen LogP contribution in [0.3, 0.4) is 0 Å². The van der Waals surface area contributed by atoms with Crippen LogP contribution in [-0.2, 0) is 5.33 Å². The number of hydrogen-bond acceptors (Lipinski definition) is 2. The average Bonchev–Trinajstić information content (AvgIpc) is 2.18. The molecule has 72 valence electrons. The van der Waals surface area contributed by atoms with Crippen molar-refractivity contribution in [3.8, 4) is 0 Å². The van der Waals surface area contributed by atoms with Crippen molar-refractivity contribution in [2.75, 3.05) is 18.5 Å². The summed E-state index contributed by atoms with van der Waals surface area (Å²) in [7, 11) is 2.08. The maximum absolute atomic E-state index is 4.36. The fourth-order valence-electron chi connectivity index (χ4n) is 1.32. The topological polar surface area (TPSA) is 16.1 Å². The largest absolute Gasteiger partial charge is 0.359 e. The van der Waals surface area contributed by atoms with Gasteiger partial charge in [0.05, 0.1) is 0 Å². The molecule has 0 fully saturated rings. The Morgan fingerprint density at radius 2 is 2.31 bits per heavy atom. The van der Waals surface area contributed by atoms with Crippen LogP contribution in [0.5, 0.6) is 0 Å². The van der Waals surface area contributed by atoms with E-state index in [1.807, 2.05) is 12.3 Å². The summed E-state index contributed by atoms with van der Waals surface area (Å²) in [6.07, 6.45) is 2.99. The van der Waals surface area contributed by atoms with Gasteiger partial charge in [-0.3, -0.25) is 0 Å². The van der Waals surface area contributed by atoms with Crippen LogP contribution in [0.1, 0.15) is 18.9 Å². The van der Waals surface area contributed by atoms with Gasteiger partial charge in [0.1, 0.15) is 5.82 Å². The molecule has 3 heteroatoms. The van der Waals surface area contributed by atoms with Crippen LogP contribution in [-0.4, -0.2) is 18.6 Å². The van der Waals surface area contributed by atoms with E-state index < -0.39 is 0 Å². The molecule has 0 unspecified atom stereocenters. The molecule has 13 heavy (non-hydrogen) atoms. The van der Waals surface area contributed by atoms with Crippen LogP contribution in [0.2, 0.25) is 0 Å². The Balaban J connectivity index is 2.85. The van der Waals surface area contributed by atoms with Gasteiger partial charge in [0, 0.05) is 30.7 Å². The first-order chi connectivity index (χ1) is 6.29. The molecular formula is C10H15BrN2. The van der Waals surface area contributed by atoms with Gasteiger partial charge >= 0.3 is 0 Å². The second-order valence-electron chi connectivity index (χ2n) is 3.04. The van der Waals surface area contributed by atoms with Crippen molar-refractivity contribution in [2.24, 2.45) is 0 Å². The van der Waals surface area contributed by atoms with Crippen LogP contribution >= 0.6 is 15.9 Å². The van der Waals surface area contributed by atoms with Gasteiger partial charge in [-0.15, -0.1) is 0 Å². The van der Waals surface area contributed by atoms with E-state index in [1.165, 1.54) is 5.56 Å². The molecular weight excluding hydrogens is 228 g/mol. The van der Waals surface area contributed by atoms with Crippen molar-refractivity contribution in [1.29, 1.82) is 0 Å². The number of halogens is 1. The minimum absolute atomic E-state index is 0.865. The fraction of sp³-hybridized carbons (Fsp3) is 0.500. The van der Waals surface area contributed by atoms with E-state index in [9.17, 15) is 0 Å². The summed E-state index contributed by atoms with van der Waals surface area (Å²) < 4.78 is 0. The van der Waals surface area contributed by atoms with Crippen molar-refractivity contribution in [3.63, 3.8) is 0 Å². The number of alkyl halides is 1. The number of aromatic nitrogens is 1. The summed E-state index contributed by atoms with van der Waals surface area (Å²) in [6.45, 7) is 3.23. The summed E-state index contributed by atoms with van der Waals surface area (Å²) in [4.78, 5) is 6.56. The van der Waals surface area contributed by atoms with Gasteiger partial charge < -0.3 is 4.90 Å². The van der Waals surface area contributed by atoms with E-state index in [2.05, 4.69) is 45.9 Å². The Bertz CT molecular complexity index is 263. The lowest BCUT2D eigenvalue weighted by molar-refractivity contribution is 0.833. The molecule has 1 aromatic heterocycles. The molecule has 0 bridgehead atoms. The van der Waals surface area contributed by atoms with Gasteiger partial charge in [-0.05, 0) is 12.5 Å². The Labute approximate surface area is 88.1 Å². The summed E-state index contributed by atoms with van der Waals surface area (Å²) in [5.74, 6) is 1.08. The summed E-state index contributed by atoms with van der Waals surface area (Å²) in [5, 5.41) is 0.865. The number of hydrogen-bond donors (Lipinski definition) is 0. The molecule has 0 spiro atoms. The Morgan fingerprint density at radius 3 is 2.92 bits per heavy atom. The highest BCUT2D eigenvalue weighted by Gasteiger charge is 2.05. The molecule has 0 aliphatic rings. The Morgan fingerprint density at radius 1 is 1.54 bits per heavy atom. The average molecular weight is 243 g/mol. The summed E-state index contributed by atoms with van der Waals surface area (Å²) in [5.41, 5.74) is 1.25. The van der Waals surface area contributed by atoms with E-state index in [4.69, 9.17) is 0 Å². The predicted octanol–water partition coefficient (Wildman–Crippen LogP) is 2.82. The SMILES string of the molecule is CCCN(C)c1ncccc1CBr. The summed E-state index contributed by atoms with van der Waals surface area (Å²) >= 11 is 3.46. The van der Waals surface area contributed by atoms with Crippen molar-refractivity contribution in [3.05, 3.63) is 23.9 Å². The monoisotopic (exact) mass is 242 g/mol. The van der Waals surface area contributed by atoms with Crippen LogP contribution in [0, 0.1) is 0 Å². The smallest absolute Gasteiger partial charge is 0.132 e. The third kappa shape index (κ3) is 2.69. The van der Waals surface area contributed by atoms with Crippen molar-refractivity contribution in [1.82, 2.24) is 4.98 Å². The molecule has 0 aliphatic heterocycles. The zero-order valence-electron chi connectivity index (χ0n) is 8.13. The van der Waals surface area contributed by atoms with E-state index >= 15 is 0 Å². The second-order valence-corrected chi connectivity index (χ2v) is 3.60. The molecule has 0 aromatic carbocycles. The highest BCUT2D eigenvalue weighted by atomic mass is 79.9. The quantitative estimate of drug-likeness (QED) is 0.756. The molecule has 0 atom stereocenters. The lowest BCUT2D eigenvalue weighted by Gasteiger charge is -2.19. The third-order valence-corrected chi connectivity index (χ3v) is 2.54. The van der Waals surface area contributed by atoms with Crippen LogP contribution in [0.4, 0.5) is 5.82 Å². The van der Waals surface area contributed by atoms with Crippen molar-refractivity contribution in [2.45, 2.75) is 18.7 Å². The molecule has 0 aliphatic carbocycles. The van der Waals surface area contributed by atoms with E-state index in [-0.39, 0.29) is 0 Å². The number of rotatable bonds is 4. The lowest BCUT2D eigenvalue weighted by atomic mass is 10.2. The lowest BCUT2D eigenvalue weighted by Crippen LogP contribution is -2.20. The molecule has 0 saturated carbocycles. The Kier molecular flexibility index (Phi) is 4.22. The van der Waals surface area contributed by atoms with Crippen LogP contribution < -0.4 is 4.90 Å². The first-order valence-electron chi connectivity index (χ1n) is 4.50. The second kappa shape index (κ2) is 5.22. The van der Waals surface area contributed by atoms with E-state index in [0.717, 1.165) is 24.1 Å². The fourth-order valence-corrected chi connectivity index (χ4v) is 1.76. The Hall–Kier alpha value is -0.570. The van der Waals surface area contributed by atoms with Gasteiger partial charge in [-0.2, -0.15) is 0 Å². The minimum Gasteiger partial charge on any atom is -0.359 e. The highest BCUT2D eigenvalue weighted by Crippen LogP contribution is 2.18. The van der Waals surface area contributed by atoms with Gasteiger partial charge in [-0.1, -0.05) is 28.9 Å². The maximum atomic E-state index is 4.36. The number of nitrogens with zero attached hydrogens (tertiary/aromatic N) is 2. The van der Waals surface area contributed by atoms with E-state index in [0.29, 0.717) is 0 Å². The molecule has 0 N–H and O–H groups in total. The van der Waals surface area contributed by atoms with Crippen molar-refractivity contribution < 1.29 is 0 Å². The number of pyridine rings is 1. The molecule has 0 saturated heterocycles. The number of anilines is 1. The zero-order valence-corrected chi connectivity index (χ0v) is 9.71. The predicted molar refractivity (Wildman–Crippen MR) is 60.4 cm³/mol. The first kappa shape index (κ1) is 10.5. The van der Waals surface area contributed by atoms with Gasteiger partial charge in [-0.25, -0.2) is 4.98 Å². The standard InChI is InChI=1S/C10H15BrN2/c1-3-7-13(2)10-9(8-11)5-4-6-12-10/h4-6H,3,7-8H2,1-2H3. The van der Waals surface area contributed by atoms with Gasteiger partial charge in [0.15, 0.2) is 0 Å². The molecule has 1 heterocycles. The van der Waals surface area contributed by atoms with Crippen LogP contribution in [0.15, 0.2) is 18.3 Å². The molecule has 0 amide bonds. The summed E-state index contributed by atoms with van der Waals surface area (Å²) in [6, 6.07) is 4.07. The van der Waals surface area contributed by atoms with Crippen molar-refractivity contribution >= 4 is 21.7 Å². The molecule has 2 nitrogen and oxygen atoms in total. The molecule has 0 radical (unpaired) electrons. The molecule has 1 aromatic rings. The maximum Gasteiger partial charge on any atom is 0.132 e. The third-order valence-electron chi connectivity index (χ3n) is 1.93. The van der Waals surface area contributed by atoms with Crippen LogP contribution in [0.25, 0.3) is 0 Å². The van der Waals surface area contributed by atoms with Gasteiger partial charge in [0.2, 0.25) is 0 Å².